The summed E-state index contributed by atoms with van der Waals surface area (Å²) in [6.07, 6.45) is 1.71. The lowest BCUT2D eigenvalue weighted by molar-refractivity contribution is 0.128. The van der Waals surface area contributed by atoms with Crippen LogP contribution in [0.4, 0.5) is 4.39 Å². The van der Waals surface area contributed by atoms with Crippen LogP contribution in [0, 0.1) is 5.82 Å². The Bertz CT molecular complexity index is 626. The van der Waals surface area contributed by atoms with Crippen LogP contribution in [0.3, 0.4) is 0 Å². The van der Waals surface area contributed by atoms with Gasteiger partial charge in [-0.1, -0.05) is 22.8 Å². The van der Waals surface area contributed by atoms with Gasteiger partial charge in [0.05, 0.1) is 5.02 Å². The maximum Gasteiger partial charge on any atom is 0.142 e. The molecule has 2 aromatic rings. The minimum Gasteiger partial charge on any atom is -0.385 e. The van der Waals surface area contributed by atoms with Crippen LogP contribution < -0.4 is 5.32 Å². The molecule has 0 unspecified atom stereocenters. The van der Waals surface area contributed by atoms with E-state index in [2.05, 4.69) is 10.5 Å². The summed E-state index contributed by atoms with van der Waals surface area (Å²) >= 11 is 5.65. The van der Waals surface area contributed by atoms with Gasteiger partial charge >= 0.3 is 0 Å². The van der Waals surface area contributed by atoms with E-state index >= 15 is 0 Å². The molecule has 1 saturated heterocycles. The number of aromatic nitrogens is 1. The van der Waals surface area contributed by atoms with Crippen LogP contribution in [0.25, 0.3) is 0 Å². The molecule has 0 bridgehead atoms. The molecule has 2 heterocycles. The van der Waals surface area contributed by atoms with Gasteiger partial charge in [-0.2, -0.15) is 0 Å². The molecule has 0 radical (unpaired) electrons. The third-order valence-electron chi connectivity index (χ3n) is 3.72. The van der Waals surface area contributed by atoms with Gasteiger partial charge in [-0.3, -0.25) is 0 Å². The van der Waals surface area contributed by atoms with Crippen LogP contribution in [0.1, 0.15) is 36.0 Å². The first-order valence-electron chi connectivity index (χ1n) is 6.94. The number of aliphatic hydroxyl groups is 1. The Kier molecular flexibility index (Phi) is 4.24. The highest BCUT2D eigenvalue weighted by atomic mass is 35.5. The first kappa shape index (κ1) is 14.5. The van der Waals surface area contributed by atoms with Crippen molar-refractivity contribution in [3.8, 4) is 0 Å². The Morgan fingerprint density at radius 3 is 3.05 bits per heavy atom. The van der Waals surface area contributed by atoms with Crippen LogP contribution in [0.15, 0.2) is 28.8 Å². The second-order valence-electron chi connectivity index (χ2n) is 5.29. The number of hydrogen-bond acceptors (Lipinski definition) is 4. The number of rotatable bonds is 4. The molecule has 0 aliphatic carbocycles. The summed E-state index contributed by atoms with van der Waals surface area (Å²) < 4.78 is 18.6. The van der Waals surface area contributed by atoms with Gasteiger partial charge in [0, 0.05) is 18.5 Å². The van der Waals surface area contributed by atoms with E-state index in [4.69, 9.17) is 16.1 Å². The summed E-state index contributed by atoms with van der Waals surface area (Å²) in [7, 11) is 0. The molecule has 2 N–H and O–H groups in total. The monoisotopic (exact) mass is 310 g/mol. The standard InChI is InChI=1S/C15H16ClFN2O2/c16-11-4-3-9(7-12(11)17)6-10-8-14(19-21-10)15(20)13-2-1-5-18-13/h3-4,7-8,13,15,18,20H,1-2,5-6H2/t13-,15-/m0/s1. The second kappa shape index (κ2) is 6.13. The van der Waals surface area contributed by atoms with E-state index in [0.717, 1.165) is 24.9 Å². The Labute approximate surface area is 126 Å². The van der Waals surface area contributed by atoms with Crippen molar-refractivity contribution >= 4 is 11.6 Å². The normalized spacial score (nSPS) is 19.9. The summed E-state index contributed by atoms with van der Waals surface area (Å²) in [5.74, 6) is 0.132. The lowest BCUT2D eigenvalue weighted by Gasteiger charge is -2.14. The molecule has 3 rings (SSSR count). The molecule has 1 aliphatic rings. The smallest absolute Gasteiger partial charge is 0.142 e. The lowest BCUT2D eigenvalue weighted by atomic mass is 10.1. The molecule has 0 spiro atoms. The summed E-state index contributed by atoms with van der Waals surface area (Å²) in [5, 5.41) is 17.5. The molecule has 21 heavy (non-hydrogen) atoms. The molecular weight excluding hydrogens is 295 g/mol. The number of halogens is 2. The molecule has 4 nitrogen and oxygen atoms in total. The predicted octanol–water partition coefficient (Wildman–Crippen LogP) is 2.84. The van der Waals surface area contributed by atoms with Crippen molar-refractivity contribution in [3.63, 3.8) is 0 Å². The van der Waals surface area contributed by atoms with Crippen molar-refractivity contribution < 1.29 is 14.0 Å². The summed E-state index contributed by atoms with van der Waals surface area (Å²) in [6.45, 7) is 0.913. The topological polar surface area (TPSA) is 58.3 Å². The molecule has 1 fully saturated rings. The average Bonchev–Trinajstić information content (AvgIpc) is 3.13. The predicted molar refractivity (Wildman–Crippen MR) is 76.7 cm³/mol. The molecule has 2 atom stereocenters. The number of nitrogens with one attached hydrogen (secondary N) is 1. The van der Waals surface area contributed by atoms with Gasteiger partial charge < -0.3 is 14.9 Å². The van der Waals surface area contributed by atoms with Gasteiger partial charge in [0.2, 0.25) is 0 Å². The van der Waals surface area contributed by atoms with Crippen LogP contribution in [0.5, 0.6) is 0 Å². The number of benzene rings is 1. The maximum atomic E-state index is 13.4. The highest BCUT2D eigenvalue weighted by molar-refractivity contribution is 6.30. The fourth-order valence-corrected chi connectivity index (χ4v) is 2.71. The Balaban J connectivity index is 1.70. The average molecular weight is 311 g/mol. The van der Waals surface area contributed by atoms with Crippen LogP contribution in [-0.2, 0) is 6.42 Å². The SMILES string of the molecule is O[C@H](c1cc(Cc2ccc(Cl)c(F)c2)on1)[C@@H]1CCCN1. The number of nitrogens with zero attached hydrogens (tertiary/aromatic N) is 1. The van der Waals surface area contributed by atoms with Crippen LogP contribution >= 0.6 is 11.6 Å². The van der Waals surface area contributed by atoms with E-state index in [0.29, 0.717) is 17.9 Å². The zero-order valence-corrected chi connectivity index (χ0v) is 12.1. The Morgan fingerprint density at radius 1 is 1.48 bits per heavy atom. The van der Waals surface area contributed by atoms with Gasteiger partial charge in [0.1, 0.15) is 23.4 Å². The van der Waals surface area contributed by atoms with Crippen molar-refractivity contribution in [1.29, 1.82) is 0 Å². The number of hydrogen-bond donors (Lipinski definition) is 2. The van der Waals surface area contributed by atoms with Gasteiger partial charge in [-0.25, -0.2) is 4.39 Å². The minimum atomic E-state index is -0.674. The Hall–Kier alpha value is -1.43. The Morgan fingerprint density at radius 2 is 2.33 bits per heavy atom. The van der Waals surface area contributed by atoms with Gasteiger partial charge in [0.15, 0.2) is 0 Å². The summed E-state index contributed by atoms with van der Waals surface area (Å²) in [6, 6.07) is 6.37. The van der Waals surface area contributed by atoms with E-state index in [1.165, 1.54) is 12.1 Å². The third-order valence-corrected chi connectivity index (χ3v) is 4.03. The van der Waals surface area contributed by atoms with E-state index < -0.39 is 11.9 Å². The molecule has 0 saturated carbocycles. The number of aliphatic hydroxyl groups excluding tert-OH is 1. The zero-order valence-electron chi connectivity index (χ0n) is 11.4. The quantitative estimate of drug-likeness (QED) is 0.911. The van der Waals surface area contributed by atoms with E-state index in [9.17, 15) is 9.50 Å². The highest BCUT2D eigenvalue weighted by Crippen LogP contribution is 2.24. The lowest BCUT2D eigenvalue weighted by Crippen LogP contribution is -2.28. The maximum absolute atomic E-state index is 13.4. The molecule has 112 valence electrons. The van der Waals surface area contributed by atoms with Crippen molar-refractivity contribution in [2.24, 2.45) is 0 Å². The van der Waals surface area contributed by atoms with E-state index in [1.807, 2.05) is 0 Å². The van der Waals surface area contributed by atoms with E-state index in [1.54, 1.807) is 12.1 Å². The molecule has 0 amide bonds. The molecular formula is C15H16ClFN2O2. The van der Waals surface area contributed by atoms with Gasteiger partial charge in [-0.15, -0.1) is 0 Å². The van der Waals surface area contributed by atoms with E-state index in [-0.39, 0.29) is 11.1 Å². The van der Waals surface area contributed by atoms with Crippen LogP contribution in [0.2, 0.25) is 5.02 Å². The zero-order chi connectivity index (χ0) is 14.8. The third kappa shape index (κ3) is 3.26. The van der Waals surface area contributed by atoms with Crippen molar-refractivity contribution in [3.05, 3.63) is 52.1 Å². The molecule has 6 heteroatoms. The molecule has 1 aromatic carbocycles. The fraction of sp³-hybridized carbons (Fsp3) is 0.400. The summed E-state index contributed by atoms with van der Waals surface area (Å²) in [4.78, 5) is 0. The second-order valence-corrected chi connectivity index (χ2v) is 5.70. The van der Waals surface area contributed by atoms with Crippen molar-refractivity contribution in [2.75, 3.05) is 6.54 Å². The highest BCUT2D eigenvalue weighted by Gasteiger charge is 2.26. The fourth-order valence-electron chi connectivity index (χ4n) is 2.59. The first-order chi connectivity index (χ1) is 10.1. The minimum absolute atomic E-state index is 0.0240. The largest absolute Gasteiger partial charge is 0.385 e. The molecule has 1 aliphatic heterocycles. The van der Waals surface area contributed by atoms with Crippen molar-refractivity contribution in [1.82, 2.24) is 10.5 Å². The summed E-state index contributed by atoms with van der Waals surface area (Å²) in [5.41, 5.74) is 1.26. The molecule has 1 aromatic heterocycles. The van der Waals surface area contributed by atoms with Gasteiger partial charge in [-0.05, 0) is 37.1 Å². The van der Waals surface area contributed by atoms with Crippen LogP contribution in [-0.4, -0.2) is 22.8 Å². The first-order valence-corrected chi connectivity index (χ1v) is 7.32. The van der Waals surface area contributed by atoms with Gasteiger partial charge in [0.25, 0.3) is 0 Å². The van der Waals surface area contributed by atoms with Crippen molar-refractivity contribution in [2.45, 2.75) is 31.4 Å².